The fraction of sp³-hybridized carbons (Fsp3) is 0.250. The number of benzene rings is 3. The first kappa shape index (κ1) is 22.3. The Labute approximate surface area is 184 Å². The Hall–Kier alpha value is -2.39. The average Bonchev–Trinajstić information content (AvgIpc) is 2.76. The van der Waals surface area contributed by atoms with Gasteiger partial charge < -0.3 is 18.3 Å². The summed E-state index contributed by atoms with van der Waals surface area (Å²) in [6.45, 7) is 5.53. The zero-order valence-electron chi connectivity index (χ0n) is 17.8. The van der Waals surface area contributed by atoms with Crippen LogP contribution in [0.3, 0.4) is 0 Å². The van der Waals surface area contributed by atoms with E-state index < -0.39 is 19.5 Å². The minimum absolute atomic E-state index is 0.619. The fourth-order valence-corrected chi connectivity index (χ4v) is 4.59. The SMILES string of the molecule is Cc1ccccc1CO[SiH2]COc1ccccc1OC[SiH2]OCc1ccccc1C. The van der Waals surface area contributed by atoms with Gasteiger partial charge in [-0.3, -0.25) is 0 Å². The van der Waals surface area contributed by atoms with Crippen LogP contribution in [0.2, 0.25) is 0 Å². The van der Waals surface area contributed by atoms with Gasteiger partial charge in [-0.05, 0) is 48.2 Å². The van der Waals surface area contributed by atoms with Crippen molar-refractivity contribution in [3.8, 4) is 11.5 Å². The van der Waals surface area contributed by atoms with Gasteiger partial charge in [-0.1, -0.05) is 60.7 Å². The molecule has 0 saturated heterocycles. The number of hydrogen-bond acceptors (Lipinski definition) is 4. The Morgan fingerprint density at radius 3 is 1.40 bits per heavy atom. The molecular weight excluding hydrogens is 408 g/mol. The van der Waals surface area contributed by atoms with Gasteiger partial charge >= 0.3 is 0 Å². The third-order valence-corrected chi connectivity index (χ3v) is 6.58. The zero-order valence-corrected chi connectivity index (χ0v) is 20.6. The lowest BCUT2D eigenvalue weighted by Crippen LogP contribution is -2.14. The predicted molar refractivity (Wildman–Crippen MR) is 126 cm³/mol. The molecule has 3 rings (SSSR count). The Morgan fingerprint density at radius 2 is 0.967 bits per heavy atom. The van der Waals surface area contributed by atoms with Crippen LogP contribution in [0, 0.1) is 13.8 Å². The maximum absolute atomic E-state index is 5.93. The maximum atomic E-state index is 5.93. The summed E-state index contributed by atoms with van der Waals surface area (Å²) in [5, 5.41) is 0. The van der Waals surface area contributed by atoms with E-state index in [2.05, 4.69) is 38.1 Å². The van der Waals surface area contributed by atoms with E-state index in [4.69, 9.17) is 18.3 Å². The van der Waals surface area contributed by atoms with E-state index in [-0.39, 0.29) is 0 Å². The largest absolute Gasteiger partial charge is 0.491 e. The second kappa shape index (κ2) is 12.3. The highest BCUT2D eigenvalue weighted by atomic mass is 28.2. The van der Waals surface area contributed by atoms with Crippen molar-refractivity contribution in [2.75, 3.05) is 12.5 Å². The average molecular weight is 439 g/mol. The molecule has 0 radical (unpaired) electrons. The molecule has 158 valence electrons. The molecule has 0 aliphatic rings. The van der Waals surface area contributed by atoms with Gasteiger partial charge in [-0.2, -0.15) is 0 Å². The van der Waals surface area contributed by atoms with E-state index in [1.807, 2.05) is 48.5 Å². The topological polar surface area (TPSA) is 36.9 Å². The fourth-order valence-electron chi connectivity index (χ4n) is 3.02. The molecule has 0 bridgehead atoms. The number of aryl methyl sites for hydroxylation is 2. The van der Waals surface area contributed by atoms with Crippen LogP contribution in [0.1, 0.15) is 22.3 Å². The van der Waals surface area contributed by atoms with E-state index in [1.54, 1.807) is 0 Å². The van der Waals surface area contributed by atoms with Crippen molar-refractivity contribution in [1.82, 2.24) is 0 Å². The third-order valence-electron chi connectivity index (χ3n) is 4.86. The van der Waals surface area contributed by atoms with Crippen molar-refractivity contribution < 1.29 is 18.3 Å². The number of hydrogen-bond donors (Lipinski definition) is 0. The first-order valence-electron chi connectivity index (χ1n) is 10.3. The van der Waals surface area contributed by atoms with Gasteiger partial charge in [0.2, 0.25) is 19.5 Å². The summed E-state index contributed by atoms with van der Waals surface area (Å²) in [4.78, 5) is 0. The summed E-state index contributed by atoms with van der Waals surface area (Å²) in [6, 6.07) is 24.4. The quantitative estimate of drug-likeness (QED) is 0.320. The van der Waals surface area contributed by atoms with Gasteiger partial charge in [0.15, 0.2) is 11.5 Å². The van der Waals surface area contributed by atoms with Gasteiger partial charge in [0, 0.05) is 0 Å². The summed E-state index contributed by atoms with van der Waals surface area (Å²) in [7, 11) is -1.53. The maximum Gasteiger partial charge on any atom is 0.201 e. The van der Waals surface area contributed by atoms with Gasteiger partial charge in [0.1, 0.15) is 0 Å². The smallest absolute Gasteiger partial charge is 0.201 e. The molecule has 0 saturated carbocycles. The summed E-state index contributed by atoms with van der Waals surface area (Å²) >= 11 is 0. The Kier molecular flexibility index (Phi) is 9.17. The third kappa shape index (κ3) is 7.14. The van der Waals surface area contributed by atoms with Crippen LogP contribution in [0.4, 0.5) is 0 Å². The molecule has 0 heterocycles. The van der Waals surface area contributed by atoms with E-state index in [1.165, 1.54) is 22.3 Å². The van der Waals surface area contributed by atoms with Crippen LogP contribution in [0.25, 0.3) is 0 Å². The van der Waals surface area contributed by atoms with Crippen LogP contribution >= 0.6 is 0 Å². The summed E-state index contributed by atoms with van der Waals surface area (Å²) in [5.41, 5.74) is 5.01. The molecule has 3 aromatic rings. The summed E-state index contributed by atoms with van der Waals surface area (Å²) < 4.78 is 23.6. The number of para-hydroxylation sites is 2. The molecule has 4 nitrogen and oxygen atoms in total. The van der Waals surface area contributed by atoms with Crippen LogP contribution in [-0.4, -0.2) is 32.0 Å². The molecule has 0 aliphatic heterocycles. The molecular formula is C24H30O4Si2. The van der Waals surface area contributed by atoms with Crippen LogP contribution in [0.15, 0.2) is 72.8 Å². The molecule has 0 aliphatic carbocycles. The Bertz CT molecular complexity index is 842. The van der Waals surface area contributed by atoms with Crippen molar-refractivity contribution >= 4 is 19.5 Å². The highest BCUT2D eigenvalue weighted by molar-refractivity contribution is 6.27. The first-order chi connectivity index (χ1) is 14.7. The monoisotopic (exact) mass is 438 g/mol. The van der Waals surface area contributed by atoms with Crippen LogP contribution in [0.5, 0.6) is 11.5 Å². The van der Waals surface area contributed by atoms with E-state index in [9.17, 15) is 0 Å². The van der Waals surface area contributed by atoms with Gasteiger partial charge in [0.05, 0.1) is 25.7 Å². The molecule has 3 aromatic carbocycles. The van der Waals surface area contributed by atoms with Gasteiger partial charge in [-0.25, -0.2) is 0 Å². The van der Waals surface area contributed by atoms with Gasteiger partial charge in [0.25, 0.3) is 0 Å². The van der Waals surface area contributed by atoms with E-state index >= 15 is 0 Å². The molecule has 0 atom stereocenters. The van der Waals surface area contributed by atoms with Crippen LogP contribution in [-0.2, 0) is 22.1 Å². The Balaban J connectivity index is 1.35. The number of ether oxygens (including phenoxy) is 2. The van der Waals surface area contributed by atoms with Crippen molar-refractivity contribution in [2.24, 2.45) is 0 Å². The molecule has 0 fully saturated rings. The van der Waals surface area contributed by atoms with Gasteiger partial charge in [-0.15, -0.1) is 0 Å². The van der Waals surface area contributed by atoms with Crippen molar-refractivity contribution in [1.29, 1.82) is 0 Å². The first-order valence-corrected chi connectivity index (χ1v) is 13.5. The molecule has 0 spiro atoms. The molecule has 30 heavy (non-hydrogen) atoms. The minimum Gasteiger partial charge on any atom is -0.491 e. The minimum atomic E-state index is -0.763. The molecule has 0 N–H and O–H groups in total. The van der Waals surface area contributed by atoms with Crippen molar-refractivity contribution in [3.05, 3.63) is 95.1 Å². The lowest BCUT2D eigenvalue weighted by atomic mass is 10.1. The van der Waals surface area contributed by atoms with Crippen molar-refractivity contribution in [3.63, 3.8) is 0 Å². The lowest BCUT2D eigenvalue weighted by Gasteiger charge is -2.13. The van der Waals surface area contributed by atoms with E-state index in [0.717, 1.165) is 11.5 Å². The standard InChI is InChI=1S/C24H30O4Si2/c1-19-9-3-5-11-21(19)15-27-29-17-25-23-13-7-8-14-24(23)26-18-30-28-16-22-12-6-4-10-20(22)2/h3-14H,15-18,29-30H2,1-2H3. The predicted octanol–water partition coefficient (Wildman–Crippen LogP) is 3.58. The summed E-state index contributed by atoms with van der Waals surface area (Å²) in [6.07, 6.45) is 1.24. The molecule has 0 aromatic heterocycles. The molecule has 6 heteroatoms. The normalized spacial score (nSPS) is 11.5. The second-order valence-electron chi connectivity index (χ2n) is 7.10. The highest BCUT2D eigenvalue weighted by Gasteiger charge is 2.05. The summed E-state index contributed by atoms with van der Waals surface area (Å²) in [5.74, 6) is 1.55. The highest BCUT2D eigenvalue weighted by Crippen LogP contribution is 2.26. The second-order valence-corrected chi connectivity index (χ2v) is 9.55. The van der Waals surface area contributed by atoms with Crippen LogP contribution < -0.4 is 9.47 Å². The molecule has 0 amide bonds. The van der Waals surface area contributed by atoms with E-state index in [0.29, 0.717) is 25.7 Å². The Morgan fingerprint density at radius 1 is 0.567 bits per heavy atom. The zero-order chi connectivity index (χ0) is 21.0. The van der Waals surface area contributed by atoms with Crippen molar-refractivity contribution in [2.45, 2.75) is 27.1 Å². The number of rotatable bonds is 12. The molecule has 0 unspecified atom stereocenters. The lowest BCUT2D eigenvalue weighted by molar-refractivity contribution is 0.271.